The van der Waals surface area contributed by atoms with E-state index < -0.39 is 23.4 Å². The average Bonchev–Trinajstić information content (AvgIpc) is 1.80. The summed E-state index contributed by atoms with van der Waals surface area (Å²) >= 11 is 0. The highest BCUT2D eigenvalue weighted by molar-refractivity contribution is 5.69. The number of carboxylic acid groups (broad SMARTS) is 1. The molecule has 4 N–H and O–H groups in total. The Morgan fingerprint density at radius 2 is 1.91 bits per heavy atom. The average molecular weight is 166 g/mol. The quantitative estimate of drug-likeness (QED) is 0.350. The van der Waals surface area contributed by atoms with Gasteiger partial charge in [0, 0.05) is 0 Å². The van der Waals surface area contributed by atoms with Crippen LogP contribution in [0.15, 0.2) is 0 Å². The van der Waals surface area contributed by atoms with Crippen LogP contribution < -0.4 is 0 Å². The molecule has 0 spiro atoms. The second-order valence-electron chi connectivity index (χ2n) is 2.32. The third-order valence-electron chi connectivity index (χ3n) is 1.31. The summed E-state index contributed by atoms with van der Waals surface area (Å²) in [7, 11) is 0. The fraction of sp³-hybridized carbons (Fsp3) is 0.800. The van der Waals surface area contributed by atoms with Crippen molar-refractivity contribution in [1.29, 1.82) is 0 Å². The summed E-state index contributed by atoms with van der Waals surface area (Å²) in [6.07, 6.45) is 0.233. The lowest BCUT2D eigenvalue weighted by Gasteiger charge is -2.15. The molecule has 0 heterocycles. The molecule has 1 unspecified atom stereocenters. The van der Waals surface area contributed by atoms with Crippen molar-refractivity contribution in [3.05, 3.63) is 0 Å². The largest absolute Gasteiger partial charge is 0.481 e. The number of carbonyl (C=O) groups is 1. The van der Waals surface area contributed by atoms with Crippen LogP contribution in [-0.4, -0.2) is 38.2 Å². The lowest BCUT2D eigenvalue weighted by Crippen LogP contribution is -2.43. The van der Waals surface area contributed by atoms with Crippen molar-refractivity contribution in [3.8, 4) is 0 Å². The highest BCUT2D eigenvalue weighted by atomic mass is 17.1. The minimum Gasteiger partial charge on any atom is -0.481 e. The third kappa shape index (κ3) is 4.68. The minimum absolute atomic E-state index is 0.233. The molecule has 0 aromatic carbocycles. The monoisotopic (exact) mass is 166 g/mol. The molecule has 6 nitrogen and oxygen atoms in total. The molecule has 0 aromatic rings. The van der Waals surface area contributed by atoms with E-state index >= 15 is 0 Å². The Balaban J connectivity index is 3.99. The SMILES string of the molecule is CCC(C[N+](O)(O)O)C(=O)O. The van der Waals surface area contributed by atoms with Crippen LogP contribution in [0.25, 0.3) is 0 Å². The van der Waals surface area contributed by atoms with Crippen LogP contribution in [0.4, 0.5) is 0 Å². The summed E-state index contributed by atoms with van der Waals surface area (Å²) in [6, 6.07) is 0. The van der Waals surface area contributed by atoms with Gasteiger partial charge in [-0.05, 0) is 6.42 Å². The Bertz CT molecular complexity index is 140. The maximum atomic E-state index is 10.3. The van der Waals surface area contributed by atoms with Crippen LogP contribution >= 0.6 is 0 Å². The summed E-state index contributed by atoms with van der Waals surface area (Å²) in [5, 5.41) is 33.5. The van der Waals surface area contributed by atoms with E-state index in [1.54, 1.807) is 6.92 Å². The van der Waals surface area contributed by atoms with E-state index in [1.165, 1.54) is 0 Å². The Kier molecular flexibility index (Phi) is 3.40. The molecule has 66 valence electrons. The van der Waals surface area contributed by atoms with Crippen molar-refractivity contribution in [1.82, 2.24) is 0 Å². The van der Waals surface area contributed by atoms with Crippen molar-refractivity contribution >= 4 is 5.97 Å². The molecule has 6 heteroatoms. The van der Waals surface area contributed by atoms with E-state index in [2.05, 4.69) is 0 Å². The molecular weight excluding hydrogens is 154 g/mol. The van der Waals surface area contributed by atoms with Crippen LogP contribution in [-0.2, 0) is 4.79 Å². The fourth-order valence-corrected chi connectivity index (χ4v) is 0.677. The number of hydrogen-bond donors (Lipinski definition) is 4. The molecule has 0 rings (SSSR count). The molecule has 1 atom stereocenters. The number of nitrogens with zero attached hydrogens (tertiary/aromatic N) is 1. The van der Waals surface area contributed by atoms with Crippen molar-refractivity contribution in [2.75, 3.05) is 6.54 Å². The van der Waals surface area contributed by atoms with Crippen LogP contribution in [0.3, 0.4) is 0 Å². The van der Waals surface area contributed by atoms with Gasteiger partial charge in [-0.1, -0.05) is 6.92 Å². The van der Waals surface area contributed by atoms with E-state index in [4.69, 9.17) is 20.7 Å². The maximum Gasteiger partial charge on any atom is 0.312 e. The predicted octanol–water partition coefficient (Wildman–Crippen LogP) is 0.0816. The molecule has 0 radical (unpaired) electrons. The Labute approximate surface area is 63.4 Å². The zero-order chi connectivity index (χ0) is 9.07. The van der Waals surface area contributed by atoms with E-state index in [0.29, 0.717) is 0 Å². The molecule has 0 aromatic heterocycles. The van der Waals surface area contributed by atoms with Crippen LogP contribution in [0, 0.1) is 5.92 Å². The van der Waals surface area contributed by atoms with Crippen molar-refractivity contribution in [3.63, 3.8) is 0 Å². The van der Waals surface area contributed by atoms with Gasteiger partial charge in [0.05, 0.1) is 4.97 Å². The smallest absolute Gasteiger partial charge is 0.312 e. The summed E-state index contributed by atoms with van der Waals surface area (Å²) in [5.74, 6) is -2.11. The Morgan fingerprint density at radius 1 is 1.45 bits per heavy atom. The standard InChI is InChI=1S/C5H11NO5/c1-2-4(5(7)8)3-6(9,10)11/h4,9-11H,2-3H2,1H3/p+1. The molecule has 0 saturated carbocycles. The lowest BCUT2D eigenvalue weighted by molar-refractivity contribution is -1.37. The fourth-order valence-electron chi connectivity index (χ4n) is 0.677. The Morgan fingerprint density at radius 3 is 2.00 bits per heavy atom. The van der Waals surface area contributed by atoms with Crippen LogP contribution in [0.5, 0.6) is 0 Å². The molecule has 0 fully saturated rings. The van der Waals surface area contributed by atoms with Gasteiger partial charge in [0.15, 0.2) is 6.54 Å². The van der Waals surface area contributed by atoms with Crippen LogP contribution in [0.1, 0.15) is 13.3 Å². The second-order valence-corrected chi connectivity index (χ2v) is 2.32. The lowest BCUT2D eigenvalue weighted by atomic mass is 10.1. The maximum absolute atomic E-state index is 10.3. The van der Waals surface area contributed by atoms with Gasteiger partial charge in [-0.25, -0.2) is 0 Å². The topological polar surface area (TPSA) is 98.0 Å². The number of quaternary nitrogens is 1. The van der Waals surface area contributed by atoms with Gasteiger partial charge in [-0.15, -0.1) is 15.6 Å². The molecule has 0 amide bonds. The summed E-state index contributed by atoms with van der Waals surface area (Å²) in [6.45, 7) is 0.945. The van der Waals surface area contributed by atoms with Crippen LogP contribution in [0.2, 0.25) is 0 Å². The normalized spacial score (nSPS) is 14.5. The molecule has 11 heavy (non-hydrogen) atoms. The van der Waals surface area contributed by atoms with E-state index in [1.807, 2.05) is 0 Å². The van der Waals surface area contributed by atoms with E-state index in [0.717, 1.165) is 0 Å². The number of rotatable bonds is 4. The zero-order valence-electron chi connectivity index (χ0n) is 6.14. The van der Waals surface area contributed by atoms with Gasteiger partial charge in [0.25, 0.3) is 0 Å². The first-order valence-electron chi connectivity index (χ1n) is 3.16. The minimum atomic E-state index is -2.29. The summed E-state index contributed by atoms with van der Waals surface area (Å²) in [5.41, 5.74) is 0. The van der Waals surface area contributed by atoms with Gasteiger partial charge in [-0.2, -0.15) is 0 Å². The first-order valence-corrected chi connectivity index (χ1v) is 3.16. The van der Waals surface area contributed by atoms with Gasteiger partial charge in [-0.3, -0.25) is 4.79 Å². The highest BCUT2D eigenvalue weighted by Gasteiger charge is 2.29. The molecule has 0 aliphatic rings. The molecule has 0 aliphatic carbocycles. The Hall–Kier alpha value is -0.690. The predicted molar refractivity (Wildman–Crippen MR) is 31.9 cm³/mol. The first kappa shape index (κ1) is 10.3. The highest BCUT2D eigenvalue weighted by Crippen LogP contribution is 2.06. The number of carboxylic acids is 1. The summed E-state index contributed by atoms with van der Waals surface area (Å²) < 4.78 is 0. The van der Waals surface area contributed by atoms with Gasteiger partial charge < -0.3 is 5.11 Å². The third-order valence-corrected chi connectivity index (χ3v) is 1.31. The van der Waals surface area contributed by atoms with E-state index in [9.17, 15) is 4.79 Å². The van der Waals surface area contributed by atoms with Crippen molar-refractivity contribution in [2.45, 2.75) is 13.3 Å². The second kappa shape index (κ2) is 3.63. The van der Waals surface area contributed by atoms with E-state index in [-0.39, 0.29) is 6.42 Å². The molecule has 0 bridgehead atoms. The van der Waals surface area contributed by atoms with Gasteiger partial charge >= 0.3 is 5.97 Å². The molecule has 0 saturated heterocycles. The number of hydrogen-bond acceptors (Lipinski definition) is 4. The zero-order valence-corrected chi connectivity index (χ0v) is 6.14. The van der Waals surface area contributed by atoms with Gasteiger partial charge in [0.1, 0.15) is 5.92 Å². The van der Waals surface area contributed by atoms with Crippen molar-refractivity contribution < 1.29 is 30.5 Å². The molecular formula is C5H12NO5+. The molecule has 0 aliphatic heterocycles. The van der Waals surface area contributed by atoms with Gasteiger partial charge in [0.2, 0.25) is 0 Å². The number of hydroxylamine groups is 3. The number of aliphatic carboxylic acids is 1. The summed E-state index contributed by atoms with van der Waals surface area (Å²) in [4.78, 5) is 7.98. The van der Waals surface area contributed by atoms with Crippen molar-refractivity contribution in [2.24, 2.45) is 5.92 Å². The first-order chi connectivity index (χ1) is 4.87.